The van der Waals surface area contributed by atoms with Crippen LogP contribution in [0.15, 0.2) is 41.0 Å². The second-order valence-corrected chi connectivity index (χ2v) is 12.0. The zero-order valence-electron chi connectivity index (χ0n) is 19.6. The van der Waals surface area contributed by atoms with E-state index in [1.807, 2.05) is 19.1 Å². The minimum Gasteiger partial charge on any atom is -0.483 e. The molecule has 0 radical (unpaired) electrons. The van der Waals surface area contributed by atoms with Gasteiger partial charge in [0.15, 0.2) is 6.10 Å². The largest absolute Gasteiger partial charge is 0.483 e. The number of ether oxygens (including phenoxy) is 3. The Labute approximate surface area is 203 Å². The summed E-state index contributed by atoms with van der Waals surface area (Å²) in [5, 5.41) is 4.28. The number of halogens is 1. The normalized spacial score (nSPS) is 25.3. The van der Waals surface area contributed by atoms with E-state index in [0.29, 0.717) is 41.7 Å². The molecule has 2 aromatic carbocycles. The molecule has 1 aromatic heterocycles. The van der Waals surface area contributed by atoms with Gasteiger partial charge >= 0.3 is 0 Å². The lowest BCUT2D eigenvalue weighted by atomic mass is 10.1. The summed E-state index contributed by atoms with van der Waals surface area (Å²) in [5.74, 6) is 0.524. The summed E-state index contributed by atoms with van der Waals surface area (Å²) in [7, 11) is -2.27. The van der Waals surface area contributed by atoms with Crippen LogP contribution in [-0.2, 0) is 19.2 Å². The van der Waals surface area contributed by atoms with Gasteiger partial charge < -0.3 is 19.5 Å². The summed E-state index contributed by atoms with van der Waals surface area (Å²) in [6, 6.07) is 8.09. The number of nitrogens with zero attached hydrogens (tertiary/aromatic N) is 3. The summed E-state index contributed by atoms with van der Waals surface area (Å²) < 4.78 is 49.3. The van der Waals surface area contributed by atoms with Crippen LogP contribution in [0.4, 0.5) is 21.6 Å². The lowest BCUT2D eigenvalue weighted by molar-refractivity contribution is 0.0310. The predicted octanol–water partition coefficient (Wildman–Crippen LogP) is 4.65. The molecule has 1 saturated carbocycles. The van der Waals surface area contributed by atoms with E-state index in [9.17, 15) is 8.60 Å². The monoisotopic (exact) mass is 498 g/mol. The topological polar surface area (TPSA) is 94.9 Å². The van der Waals surface area contributed by atoms with E-state index in [1.54, 1.807) is 12.3 Å². The molecule has 2 aliphatic heterocycles. The van der Waals surface area contributed by atoms with Crippen molar-refractivity contribution >= 4 is 37.8 Å². The van der Waals surface area contributed by atoms with Gasteiger partial charge in [-0.2, -0.15) is 4.36 Å². The average Bonchev–Trinajstić information content (AvgIpc) is 3.47. The molecule has 3 heterocycles. The first-order valence-electron chi connectivity index (χ1n) is 11.8. The second-order valence-electron chi connectivity index (χ2n) is 9.45. The highest BCUT2D eigenvalue weighted by molar-refractivity contribution is 7.93. The van der Waals surface area contributed by atoms with E-state index >= 15 is 0 Å². The summed E-state index contributed by atoms with van der Waals surface area (Å²) in [6.07, 6.45) is 5.51. The molecular formula is C25H27FN4O4S. The Morgan fingerprint density at radius 1 is 1.17 bits per heavy atom. The standard InChI is InChI=1S/C25H27FN4O4S/c1-14-9-16(30-35(2,31)17-4-5-17)11-19-23(14)25(28-13-27-19)29-18-6-3-15(26)10-21(18)34-22-12-33-20-7-8-32-24(20)22/h3,6,9-11,13,17,20,22,24H,4-5,7-8,12H2,1-2H3,(H,27,28,29)/t20-,22-,24+,35?/m1/s1. The van der Waals surface area contributed by atoms with Crippen molar-refractivity contribution in [2.45, 2.75) is 49.7 Å². The van der Waals surface area contributed by atoms with Gasteiger partial charge in [-0.25, -0.2) is 18.6 Å². The van der Waals surface area contributed by atoms with E-state index in [2.05, 4.69) is 19.6 Å². The highest BCUT2D eigenvalue weighted by atomic mass is 32.2. The lowest BCUT2D eigenvalue weighted by Gasteiger charge is -2.21. The maximum Gasteiger partial charge on any atom is 0.151 e. The average molecular weight is 499 g/mol. The van der Waals surface area contributed by atoms with Crippen LogP contribution in [0.1, 0.15) is 24.8 Å². The van der Waals surface area contributed by atoms with Crippen LogP contribution in [-0.4, -0.2) is 57.2 Å². The van der Waals surface area contributed by atoms with Crippen molar-refractivity contribution in [3.63, 3.8) is 0 Å². The van der Waals surface area contributed by atoms with Crippen molar-refractivity contribution in [1.82, 2.24) is 9.97 Å². The van der Waals surface area contributed by atoms with Crippen molar-refractivity contribution in [2.24, 2.45) is 4.36 Å². The molecule has 35 heavy (non-hydrogen) atoms. The second kappa shape index (κ2) is 8.69. The molecular weight excluding hydrogens is 471 g/mol. The van der Waals surface area contributed by atoms with Crippen LogP contribution in [0.3, 0.4) is 0 Å². The molecule has 8 nitrogen and oxygen atoms in total. The third-order valence-corrected chi connectivity index (χ3v) is 9.03. The van der Waals surface area contributed by atoms with Gasteiger partial charge in [-0.05, 0) is 56.0 Å². The molecule has 0 spiro atoms. The predicted molar refractivity (Wildman–Crippen MR) is 132 cm³/mol. The van der Waals surface area contributed by atoms with Crippen molar-refractivity contribution in [1.29, 1.82) is 0 Å². The molecule has 3 fully saturated rings. The molecule has 3 aliphatic rings. The van der Waals surface area contributed by atoms with Crippen LogP contribution in [0.5, 0.6) is 5.75 Å². The van der Waals surface area contributed by atoms with Crippen LogP contribution >= 0.6 is 0 Å². The third-order valence-electron chi connectivity index (χ3n) is 6.74. The van der Waals surface area contributed by atoms with Gasteiger partial charge in [-0.3, -0.25) is 0 Å². The van der Waals surface area contributed by atoms with E-state index < -0.39 is 15.5 Å². The lowest BCUT2D eigenvalue weighted by Crippen LogP contribution is -2.32. The number of fused-ring (bicyclic) bond motifs is 2. The van der Waals surface area contributed by atoms with E-state index in [4.69, 9.17) is 14.2 Å². The molecule has 10 heteroatoms. The van der Waals surface area contributed by atoms with E-state index in [1.165, 1.54) is 18.5 Å². The number of aryl methyl sites for hydroxylation is 1. The number of benzene rings is 2. The molecule has 3 aromatic rings. The zero-order valence-corrected chi connectivity index (χ0v) is 20.4. The Morgan fingerprint density at radius 3 is 2.86 bits per heavy atom. The molecule has 4 atom stereocenters. The fourth-order valence-corrected chi connectivity index (χ4v) is 6.51. The first-order valence-corrected chi connectivity index (χ1v) is 13.8. The molecule has 0 amide bonds. The third kappa shape index (κ3) is 4.46. The number of rotatable bonds is 6. The number of hydrogen-bond donors (Lipinski definition) is 1. The quantitative estimate of drug-likeness (QED) is 0.529. The minimum atomic E-state index is -2.27. The Hall–Kier alpha value is -2.82. The number of hydrogen-bond acceptors (Lipinski definition) is 8. The first-order chi connectivity index (χ1) is 16.9. The fourth-order valence-electron chi connectivity index (χ4n) is 4.83. The Kier molecular flexibility index (Phi) is 5.62. The van der Waals surface area contributed by atoms with Crippen molar-refractivity contribution in [2.75, 3.05) is 24.8 Å². The van der Waals surface area contributed by atoms with E-state index in [0.717, 1.165) is 30.2 Å². The van der Waals surface area contributed by atoms with Crippen LogP contribution in [0, 0.1) is 12.7 Å². The van der Waals surface area contributed by atoms with Gasteiger partial charge in [0.1, 0.15) is 29.8 Å². The summed E-state index contributed by atoms with van der Waals surface area (Å²) in [4.78, 5) is 8.87. The fraction of sp³-hybridized carbons (Fsp3) is 0.440. The van der Waals surface area contributed by atoms with Gasteiger partial charge in [-0.15, -0.1) is 0 Å². The van der Waals surface area contributed by atoms with Crippen molar-refractivity contribution in [3.05, 3.63) is 48.0 Å². The first kappa shape index (κ1) is 22.6. The Morgan fingerprint density at radius 2 is 2.03 bits per heavy atom. The minimum absolute atomic E-state index is 0.0239. The molecule has 0 bridgehead atoms. The highest BCUT2D eigenvalue weighted by Crippen LogP contribution is 2.37. The van der Waals surface area contributed by atoms with Crippen molar-refractivity contribution < 1.29 is 22.8 Å². The van der Waals surface area contributed by atoms with Crippen LogP contribution < -0.4 is 10.1 Å². The number of aromatic nitrogens is 2. The maximum absolute atomic E-state index is 14.2. The van der Waals surface area contributed by atoms with Crippen molar-refractivity contribution in [3.8, 4) is 5.75 Å². The smallest absolute Gasteiger partial charge is 0.151 e. The van der Waals surface area contributed by atoms with Gasteiger partial charge in [-0.1, -0.05) is 0 Å². The molecule has 1 N–H and O–H groups in total. The zero-order chi connectivity index (χ0) is 24.2. The van der Waals surface area contributed by atoms with Crippen LogP contribution in [0.25, 0.3) is 10.9 Å². The SMILES string of the molecule is Cc1cc(N=S(C)(=O)C2CC2)cc2ncnc(Nc3ccc(F)cc3O[C@@H]3CO[C@@H]4CCO[C@@H]43)c12. The summed E-state index contributed by atoms with van der Waals surface area (Å²) in [5.41, 5.74) is 2.80. The molecule has 1 unspecified atom stereocenters. The van der Waals surface area contributed by atoms with Gasteiger partial charge in [0, 0.05) is 29.6 Å². The summed E-state index contributed by atoms with van der Waals surface area (Å²) in [6.45, 7) is 2.98. The Bertz CT molecular complexity index is 1420. The number of nitrogens with one attached hydrogen (secondary N) is 1. The maximum atomic E-state index is 14.2. The molecule has 1 aliphatic carbocycles. The highest BCUT2D eigenvalue weighted by Gasteiger charge is 2.43. The van der Waals surface area contributed by atoms with Gasteiger partial charge in [0.05, 0.1) is 39.3 Å². The number of anilines is 2. The van der Waals surface area contributed by atoms with E-state index in [-0.39, 0.29) is 23.6 Å². The molecule has 184 valence electrons. The summed E-state index contributed by atoms with van der Waals surface area (Å²) >= 11 is 0. The molecule has 6 rings (SSSR count). The molecule has 2 saturated heterocycles. The Balaban J connectivity index is 1.33. The van der Waals surface area contributed by atoms with Crippen LogP contribution in [0.2, 0.25) is 0 Å². The van der Waals surface area contributed by atoms with Gasteiger partial charge in [0.2, 0.25) is 0 Å². The van der Waals surface area contributed by atoms with Gasteiger partial charge in [0.25, 0.3) is 0 Å².